The van der Waals surface area contributed by atoms with Gasteiger partial charge in [0.1, 0.15) is 0 Å². The molecular weight excluding hydrogens is 132 g/mol. The van der Waals surface area contributed by atoms with E-state index in [-0.39, 0.29) is 12.0 Å². The molecule has 3 nitrogen and oxygen atoms in total. The first kappa shape index (κ1) is 6.16. The van der Waals surface area contributed by atoms with Gasteiger partial charge in [0.25, 0.3) is 0 Å². The topological polar surface area (TPSA) is 49.8 Å². The van der Waals surface area contributed by atoms with Gasteiger partial charge in [0.2, 0.25) is 0 Å². The van der Waals surface area contributed by atoms with E-state index in [1.807, 2.05) is 0 Å². The molecule has 1 aliphatic heterocycles. The zero-order chi connectivity index (χ0) is 7.14. The van der Waals surface area contributed by atoms with Gasteiger partial charge in [-0.3, -0.25) is 4.79 Å². The first-order chi connectivity index (χ1) is 4.77. The van der Waals surface area contributed by atoms with E-state index in [0.717, 1.165) is 19.3 Å². The Morgan fingerprint density at radius 3 is 2.80 bits per heavy atom. The van der Waals surface area contributed by atoms with Crippen LogP contribution in [0.5, 0.6) is 0 Å². The molecule has 0 aromatic carbocycles. The van der Waals surface area contributed by atoms with Crippen molar-refractivity contribution in [3.05, 3.63) is 0 Å². The van der Waals surface area contributed by atoms with Crippen LogP contribution in [0.3, 0.4) is 0 Å². The Labute approximate surface area is 59.0 Å². The second kappa shape index (κ2) is 1.95. The van der Waals surface area contributed by atoms with Gasteiger partial charge in [-0.1, -0.05) is 0 Å². The number of carboxylic acid groups (broad SMARTS) is 1. The fourth-order valence-electron chi connectivity index (χ4n) is 1.63. The summed E-state index contributed by atoms with van der Waals surface area (Å²) >= 11 is 0. The molecule has 2 aliphatic rings. The smallest absolute Gasteiger partial charge is 0.306 e. The van der Waals surface area contributed by atoms with Crippen molar-refractivity contribution in [3.8, 4) is 0 Å². The Bertz CT molecular complexity index is 166. The zero-order valence-electron chi connectivity index (χ0n) is 5.62. The zero-order valence-corrected chi connectivity index (χ0v) is 5.62. The molecular formula is C7H10O3. The summed E-state index contributed by atoms with van der Waals surface area (Å²) in [4.78, 5) is 10.5. The molecule has 0 spiro atoms. The second-order valence-electron chi connectivity index (χ2n) is 3.06. The summed E-state index contributed by atoms with van der Waals surface area (Å²) in [5.74, 6) is -0.794. The van der Waals surface area contributed by atoms with Gasteiger partial charge in [0.05, 0.1) is 18.1 Å². The Balaban J connectivity index is 1.94. The molecule has 2 rings (SSSR count). The molecule has 1 saturated heterocycles. The van der Waals surface area contributed by atoms with Crippen molar-refractivity contribution in [1.29, 1.82) is 0 Å². The molecule has 10 heavy (non-hydrogen) atoms. The van der Waals surface area contributed by atoms with Gasteiger partial charge < -0.3 is 9.84 Å². The lowest BCUT2D eigenvalue weighted by Gasteiger charge is -2.12. The Morgan fingerprint density at radius 1 is 1.40 bits per heavy atom. The number of carbonyl (C=O) groups is 1. The quantitative estimate of drug-likeness (QED) is 0.546. The summed E-state index contributed by atoms with van der Waals surface area (Å²) in [7, 11) is 0. The van der Waals surface area contributed by atoms with Crippen molar-refractivity contribution in [2.24, 2.45) is 5.92 Å². The maximum absolute atomic E-state index is 10.5. The number of rotatable bonds is 1. The first-order valence-corrected chi connectivity index (χ1v) is 3.65. The molecule has 1 aliphatic carbocycles. The van der Waals surface area contributed by atoms with Crippen LogP contribution < -0.4 is 0 Å². The lowest BCUT2D eigenvalue weighted by Crippen LogP contribution is -2.21. The molecule has 1 N–H and O–H groups in total. The largest absolute Gasteiger partial charge is 0.481 e. The Hall–Kier alpha value is -0.570. The third kappa shape index (κ3) is 0.904. The van der Waals surface area contributed by atoms with Crippen molar-refractivity contribution < 1.29 is 14.6 Å². The van der Waals surface area contributed by atoms with E-state index >= 15 is 0 Å². The highest BCUT2D eigenvalue weighted by Gasteiger charge is 2.45. The Morgan fingerprint density at radius 2 is 2.20 bits per heavy atom. The number of carboxylic acids is 1. The third-order valence-corrected chi connectivity index (χ3v) is 2.35. The molecule has 1 unspecified atom stereocenters. The highest BCUT2D eigenvalue weighted by Crippen LogP contribution is 2.39. The standard InChI is InChI=1S/C7H10O3/c8-7(9)4-1-2-5-6(3-4)10-5/h4-6H,1-3H2,(H,8,9)/t4?,5-,6+/m1/s1. The van der Waals surface area contributed by atoms with E-state index < -0.39 is 5.97 Å². The van der Waals surface area contributed by atoms with Crippen LogP contribution in [0.15, 0.2) is 0 Å². The maximum Gasteiger partial charge on any atom is 0.306 e. The molecule has 1 heterocycles. The van der Waals surface area contributed by atoms with Crippen LogP contribution in [0, 0.1) is 5.92 Å². The van der Waals surface area contributed by atoms with E-state index in [1.54, 1.807) is 0 Å². The van der Waals surface area contributed by atoms with Crippen molar-refractivity contribution in [2.45, 2.75) is 31.5 Å². The fraction of sp³-hybridized carbons (Fsp3) is 0.857. The molecule has 3 heteroatoms. The molecule has 0 aromatic rings. The number of ether oxygens (including phenoxy) is 1. The van der Waals surface area contributed by atoms with Gasteiger partial charge in [-0.25, -0.2) is 0 Å². The number of hydrogen-bond donors (Lipinski definition) is 1. The summed E-state index contributed by atoms with van der Waals surface area (Å²) in [5, 5.41) is 8.62. The van der Waals surface area contributed by atoms with E-state index in [2.05, 4.69) is 0 Å². The molecule has 2 fully saturated rings. The predicted molar refractivity (Wildman–Crippen MR) is 33.6 cm³/mol. The van der Waals surface area contributed by atoms with Crippen molar-refractivity contribution in [1.82, 2.24) is 0 Å². The molecule has 56 valence electrons. The normalized spacial score (nSPS) is 44.2. The molecule has 0 aromatic heterocycles. The van der Waals surface area contributed by atoms with E-state index in [4.69, 9.17) is 9.84 Å². The second-order valence-corrected chi connectivity index (χ2v) is 3.06. The average molecular weight is 142 g/mol. The van der Waals surface area contributed by atoms with Crippen LogP contribution in [-0.2, 0) is 9.53 Å². The maximum atomic E-state index is 10.5. The number of aliphatic carboxylic acids is 1. The van der Waals surface area contributed by atoms with Crippen molar-refractivity contribution in [2.75, 3.05) is 0 Å². The number of epoxide rings is 1. The first-order valence-electron chi connectivity index (χ1n) is 3.65. The van der Waals surface area contributed by atoms with Gasteiger partial charge in [0, 0.05) is 0 Å². The average Bonchev–Trinajstić information content (AvgIpc) is 2.63. The highest BCUT2D eigenvalue weighted by molar-refractivity contribution is 5.70. The van der Waals surface area contributed by atoms with Gasteiger partial charge in [0.15, 0.2) is 0 Å². The number of fused-ring (bicyclic) bond motifs is 1. The summed E-state index contributed by atoms with van der Waals surface area (Å²) in [6.07, 6.45) is 3.18. The van der Waals surface area contributed by atoms with E-state index in [1.165, 1.54) is 0 Å². The monoisotopic (exact) mass is 142 g/mol. The van der Waals surface area contributed by atoms with Crippen LogP contribution in [-0.4, -0.2) is 23.3 Å². The van der Waals surface area contributed by atoms with Crippen LogP contribution in [0.1, 0.15) is 19.3 Å². The minimum absolute atomic E-state index is 0.135. The van der Waals surface area contributed by atoms with E-state index in [9.17, 15) is 4.79 Å². The van der Waals surface area contributed by atoms with Gasteiger partial charge in [-0.05, 0) is 19.3 Å². The molecule has 1 saturated carbocycles. The van der Waals surface area contributed by atoms with Gasteiger partial charge in [-0.15, -0.1) is 0 Å². The SMILES string of the molecule is O=C(O)C1CC[C@H]2O[C@H]2C1. The minimum Gasteiger partial charge on any atom is -0.481 e. The fourth-order valence-corrected chi connectivity index (χ4v) is 1.63. The van der Waals surface area contributed by atoms with Crippen LogP contribution in [0.25, 0.3) is 0 Å². The van der Waals surface area contributed by atoms with Crippen LogP contribution >= 0.6 is 0 Å². The Kier molecular flexibility index (Phi) is 1.20. The predicted octanol–water partition coefficient (Wildman–Crippen LogP) is 0.638. The lowest BCUT2D eigenvalue weighted by molar-refractivity contribution is -0.142. The van der Waals surface area contributed by atoms with E-state index in [0.29, 0.717) is 6.10 Å². The van der Waals surface area contributed by atoms with Crippen LogP contribution in [0.4, 0.5) is 0 Å². The van der Waals surface area contributed by atoms with Gasteiger partial charge >= 0.3 is 5.97 Å². The summed E-state index contributed by atoms with van der Waals surface area (Å²) < 4.78 is 5.19. The number of hydrogen-bond acceptors (Lipinski definition) is 2. The lowest BCUT2D eigenvalue weighted by atomic mass is 9.90. The third-order valence-electron chi connectivity index (χ3n) is 2.35. The molecule has 3 atom stereocenters. The molecule has 0 bridgehead atoms. The molecule has 0 amide bonds. The van der Waals surface area contributed by atoms with Gasteiger partial charge in [-0.2, -0.15) is 0 Å². The minimum atomic E-state index is -0.658. The summed E-state index contributed by atoms with van der Waals surface area (Å²) in [5.41, 5.74) is 0. The summed E-state index contributed by atoms with van der Waals surface area (Å²) in [6.45, 7) is 0. The summed E-state index contributed by atoms with van der Waals surface area (Å²) in [6, 6.07) is 0. The van der Waals surface area contributed by atoms with Crippen molar-refractivity contribution >= 4 is 5.97 Å². The highest BCUT2D eigenvalue weighted by atomic mass is 16.6. The van der Waals surface area contributed by atoms with Crippen LogP contribution in [0.2, 0.25) is 0 Å². The molecule has 0 radical (unpaired) electrons. The van der Waals surface area contributed by atoms with Crippen molar-refractivity contribution in [3.63, 3.8) is 0 Å².